The van der Waals surface area contributed by atoms with Crippen LogP contribution in [0.1, 0.15) is 17.5 Å². The van der Waals surface area contributed by atoms with E-state index in [1.54, 1.807) is 6.08 Å². The summed E-state index contributed by atoms with van der Waals surface area (Å²) in [6.45, 7) is 4.20. The maximum Gasteiger partial charge on any atom is 0.115 e. The van der Waals surface area contributed by atoms with Crippen LogP contribution in [0.15, 0.2) is 73.3 Å². The van der Waals surface area contributed by atoms with Crippen LogP contribution in [0.2, 0.25) is 0 Å². The molecule has 28 heavy (non-hydrogen) atoms. The Morgan fingerprint density at radius 1 is 0.857 bits per heavy atom. The van der Waals surface area contributed by atoms with E-state index in [1.165, 1.54) is 0 Å². The van der Waals surface area contributed by atoms with Gasteiger partial charge in [-0.3, -0.25) is 0 Å². The molecule has 0 saturated carbocycles. The molecule has 2 N–H and O–H groups in total. The number of benzene rings is 2. The molecule has 3 rings (SSSR count). The largest absolute Gasteiger partial charge is 0.394 e. The van der Waals surface area contributed by atoms with Crippen molar-refractivity contribution in [3.05, 3.63) is 84.4 Å². The van der Waals surface area contributed by atoms with Crippen LogP contribution >= 0.6 is 0 Å². The Morgan fingerprint density at radius 2 is 1.36 bits per heavy atom. The fraction of sp³-hybridized carbons (Fsp3) is 0.391. The van der Waals surface area contributed by atoms with E-state index in [-0.39, 0.29) is 6.61 Å². The van der Waals surface area contributed by atoms with E-state index >= 15 is 0 Å². The zero-order valence-corrected chi connectivity index (χ0v) is 15.9. The van der Waals surface area contributed by atoms with Gasteiger partial charge in [0.05, 0.1) is 25.9 Å². The standard InChI is InChI=1S/C23H28O5/c1-2-9-19-22(26-15-17-10-5-3-6-11-17)21(25)23(20(14-24)28-19)27-16-18-12-7-4-8-13-18/h2-8,10-13,19-25H,1,9,14-16H2/t19-,20-,21-,22+,23+/m1/s1. The van der Waals surface area contributed by atoms with Gasteiger partial charge in [-0.2, -0.15) is 0 Å². The van der Waals surface area contributed by atoms with Gasteiger partial charge >= 0.3 is 0 Å². The minimum atomic E-state index is -0.928. The lowest BCUT2D eigenvalue weighted by atomic mass is 9.93. The second-order valence-electron chi connectivity index (χ2n) is 6.93. The molecule has 0 aromatic heterocycles. The third-order valence-electron chi connectivity index (χ3n) is 4.91. The first-order chi connectivity index (χ1) is 13.7. The van der Waals surface area contributed by atoms with E-state index in [1.807, 2.05) is 60.7 Å². The predicted octanol–water partition coefficient (Wildman–Crippen LogP) is 2.85. The van der Waals surface area contributed by atoms with Crippen molar-refractivity contribution in [1.29, 1.82) is 0 Å². The summed E-state index contributed by atoms with van der Waals surface area (Å²) in [5.41, 5.74) is 2.00. The molecule has 0 aliphatic carbocycles. The summed E-state index contributed by atoms with van der Waals surface area (Å²) in [5, 5.41) is 20.8. The maximum atomic E-state index is 11.0. The highest BCUT2D eigenvalue weighted by molar-refractivity contribution is 5.14. The molecule has 1 heterocycles. The average Bonchev–Trinajstić information content (AvgIpc) is 2.74. The van der Waals surface area contributed by atoms with E-state index < -0.39 is 30.5 Å². The molecule has 5 heteroatoms. The summed E-state index contributed by atoms with van der Waals surface area (Å²) < 4.78 is 18.0. The monoisotopic (exact) mass is 384 g/mol. The lowest BCUT2D eigenvalue weighted by Crippen LogP contribution is -2.60. The van der Waals surface area contributed by atoms with Gasteiger partial charge in [-0.15, -0.1) is 6.58 Å². The van der Waals surface area contributed by atoms with E-state index in [4.69, 9.17) is 14.2 Å². The highest BCUT2D eigenvalue weighted by atomic mass is 16.6. The Kier molecular flexibility index (Phi) is 7.77. The van der Waals surface area contributed by atoms with E-state index in [9.17, 15) is 10.2 Å². The van der Waals surface area contributed by atoms with Crippen molar-refractivity contribution >= 4 is 0 Å². The second-order valence-corrected chi connectivity index (χ2v) is 6.93. The Morgan fingerprint density at radius 3 is 1.82 bits per heavy atom. The number of hydrogen-bond donors (Lipinski definition) is 2. The summed E-state index contributed by atoms with van der Waals surface area (Å²) in [6, 6.07) is 19.5. The third-order valence-corrected chi connectivity index (χ3v) is 4.91. The van der Waals surface area contributed by atoms with Crippen molar-refractivity contribution in [1.82, 2.24) is 0 Å². The average molecular weight is 384 g/mol. The van der Waals surface area contributed by atoms with Gasteiger partial charge in [-0.05, 0) is 17.5 Å². The molecule has 0 amide bonds. The van der Waals surface area contributed by atoms with Gasteiger partial charge in [-0.1, -0.05) is 66.7 Å². The molecule has 2 aromatic carbocycles. The second kappa shape index (κ2) is 10.5. The Hall–Kier alpha value is -2.02. The van der Waals surface area contributed by atoms with Crippen LogP contribution in [0.5, 0.6) is 0 Å². The Bertz CT molecular complexity index is 705. The summed E-state index contributed by atoms with van der Waals surface area (Å²) in [5.74, 6) is 0. The molecule has 1 saturated heterocycles. The SMILES string of the molecule is C=CC[C@H]1O[C@H](CO)[C@H](OCc2ccccc2)[C@H](O)[C@H]1OCc1ccccc1. The molecule has 2 aromatic rings. The maximum absolute atomic E-state index is 11.0. The topological polar surface area (TPSA) is 68.2 Å². The van der Waals surface area contributed by atoms with Crippen molar-refractivity contribution in [2.75, 3.05) is 6.61 Å². The summed E-state index contributed by atoms with van der Waals surface area (Å²) in [6.07, 6.45) is -0.976. The number of rotatable bonds is 9. The molecule has 0 spiro atoms. The van der Waals surface area contributed by atoms with Gasteiger partial charge in [0.15, 0.2) is 0 Å². The van der Waals surface area contributed by atoms with E-state index in [0.717, 1.165) is 11.1 Å². The van der Waals surface area contributed by atoms with Gasteiger partial charge in [0.25, 0.3) is 0 Å². The molecule has 150 valence electrons. The minimum Gasteiger partial charge on any atom is -0.394 e. The smallest absolute Gasteiger partial charge is 0.115 e. The fourth-order valence-electron chi connectivity index (χ4n) is 3.45. The summed E-state index contributed by atoms with van der Waals surface area (Å²) >= 11 is 0. The van der Waals surface area contributed by atoms with Crippen molar-refractivity contribution < 1.29 is 24.4 Å². The van der Waals surface area contributed by atoms with Crippen molar-refractivity contribution in [3.8, 4) is 0 Å². The van der Waals surface area contributed by atoms with Crippen molar-refractivity contribution in [3.63, 3.8) is 0 Å². The van der Waals surface area contributed by atoms with Gasteiger partial charge in [0.1, 0.15) is 24.4 Å². The highest BCUT2D eigenvalue weighted by Crippen LogP contribution is 2.29. The number of aliphatic hydroxyl groups excluding tert-OH is 2. The lowest BCUT2D eigenvalue weighted by Gasteiger charge is -2.44. The van der Waals surface area contributed by atoms with Crippen LogP contribution in [0, 0.1) is 0 Å². The van der Waals surface area contributed by atoms with E-state index in [2.05, 4.69) is 6.58 Å². The van der Waals surface area contributed by atoms with Crippen molar-refractivity contribution in [2.45, 2.75) is 50.2 Å². The molecule has 1 aliphatic heterocycles. The van der Waals surface area contributed by atoms with Crippen LogP contribution in [0.4, 0.5) is 0 Å². The first-order valence-corrected chi connectivity index (χ1v) is 9.59. The molecule has 1 fully saturated rings. The number of ether oxygens (including phenoxy) is 3. The van der Waals surface area contributed by atoms with Crippen LogP contribution in [-0.2, 0) is 27.4 Å². The molecule has 1 aliphatic rings. The molecule has 0 bridgehead atoms. The lowest BCUT2D eigenvalue weighted by molar-refractivity contribution is -0.256. The number of hydrogen-bond acceptors (Lipinski definition) is 5. The van der Waals surface area contributed by atoms with Gasteiger partial charge < -0.3 is 24.4 Å². The molecule has 0 unspecified atom stereocenters. The van der Waals surface area contributed by atoms with Crippen molar-refractivity contribution in [2.24, 2.45) is 0 Å². The molecule has 5 atom stereocenters. The van der Waals surface area contributed by atoms with Crippen LogP contribution in [0.25, 0.3) is 0 Å². The zero-order chi connectivity index (χ0) is 19.8. The fourth-order valence-corrected chi connectivity index (χ4v) is 3.45. The minimum absolute atomic E-state index is 0.241. The Balaban J connectivity index is 1.70. The first kappa shape index (κ1) is 20.7. The molecule has 0 radical (unpaired) electrons. The molecule has 5 nitrogen and oxygen atoms in total. The van der Waals surface area contributed by atoms with Gasteiger partial charge in [-0.25, -0.2) is 0 Å². The highest BCUT2D eigenvalue weighted by Gasteiger charge is 2.45. The van der Waals surface area contributed by atoms with Crippen LogP contribution in [0.3, 0.4) is 0 Å². The normalized spacial score (nSPS) is 27.4. The first-order valence-electron chi connectivity index (χ1n) is 9.59. The zero-order valence-electron chi connectivity index (χ0n) is 15.9. The summed E-state index contributed by atoms with van der Waals surface area (Å²) in [4.78, 5) is 0. The number of aliphatic hydroxyl groups is 2. The molecular formula is C23H28O5. The van der Waals surface area contributed by atoms with E-state index in [0.29, 0.717) is 19.6 Å². The van der Waals surface area contributed by atoms with Gasteiger partial charge in [0, 0.05) is 0 Å². The summed E-state index contributed by atoms with van der Waals surface area (Å²) in [7, 11) is 0. The predicted molar refractivity (Wildman–Crippen MR) is 107 cm³/mol. The third kappa shape index (κ3) is 5.28. The Labute approximate surface area is 166 Å². The molecular weight excluding hydrogens is 356 g/mol. The van der Waals surface area contributed by atoms with Gasteiger partial charge in [0.2, 0.25) is 0 Å². The van der Waals surface area contributed by atoms with Crippen LogP contribution < -0.4 is 0 Å². The quantitative estimate of drug-likeness (QED) is 0.651. The van der Waals surface area contributed by atoms with Crippen LogP contribution in [-0.4, -0.2) is 47.3 Å².